The van der Waals surface area contributed by atoms with E-state index >= 15 is 0 Å². The van der Waals surface area contributed by atoms with Gasteiger partial charge in [0.15, 0.2) is 0 Å². The highest BCUT2D eigenvalue weighted by molar-refractivity contribution is 6.22. The summed E-state index contributed by atoms with van der Waals surface area (Å²) >= 11 is 0. The van der Waals surface area contributed by atoms with Gasteiger partial charge in [-0.2, -0.15) is 0 Å². The second-order valence-corrected chi connectivity index (χ2v) is 14.1. The van der Waals surface area contributed by atoms with Gasteiger partial charge in [-0.15, -0.1) is 0 Å². The van der Waals surface area contributed by atoms with Gasteiger partial charge in [0, 0.05) is 49.7 Å². The van der Waals surface area contributed by atoms with Crippen molar-refractivity contribution in [1.29, 1.82) is 0 Å². The fraction of sp³-hybridized carbons (Fsp3) is 0. The summed E-state index contributed by atoms with van der Waals surface area (Å²) in [4.78, 5) is 2.40. The SMILES string of the molecule is c1ccc(-c2ccccc2N(c2ccc(-c3cc4ccccc4c4c3oc3ccccc34)cc2)c2ccc3c(c2)c2ccccc2n3-c2ccccc2)cc1. The third kappa shape index (κ3) is 5.05. The average molecular weight is 703 g/mol. The lowest BCUT2D eigenvalue weighted by atomic mass is 9.96. The number of para-hydroxylation sites is 4. The molecule has 55 heavy (non-hydrogen) atoms. The Morgan fingerprint density at radius 3 is 1.85 bits per heavy atom. The fourth-order valence-corrected chi connectivity index (χ4v) is 8.49. The van der Waals surface area contributed by atoms with Gasteiger partial charge in [0.2, 0.25) is 0 Å². The fourth-order valence-electron chi connectivity index (χ4n) is 8.49. The molecule has 2 heterocycles. The molecule has 0 aliphatic rings. The van der Waals surface area contributed by atoms with Gasteiger partial charge in [-0.05, 0) is 88.6 Å². The molecule has 3 nitrogen and oxygen atoms in total. The molecule has 0 amide bonds. The minimum absolute atomic E-state index is 0.902. The van der Waals surface area contributed by atoms with Crippen LogP contribution in [0.1, 0.15) is 0 Å². The third-order valence-electron chi connectivity index (χ3n) is 11.0. The largest absolute Gasteiger partial charge is 0.455 e. The first-order valence-corrected chi connectivity index (χ1v) is 18.8. The molecular formula is C52H34N2O. The summed E-state index contributed by atoms with van der Waals surface area (Å²) in [6.07, 6.45) is 0. The van der Waals surface area contributed by atoms with E-state index in [-0.39, 0.29) is 0 Å². The minimum Gasteiger partial charge on any atom is -0.455 e. The maximum atomic E-state index is 6.62. The Balaban J connectivity index is 1.12. The lowest BCUT2D eigenvalue weighted by Crippen LogP contribution is -2.11. The first kappa shape index (κ1) is 31.2. The predicted octanol–water partition coefficient (Wildman–Crippen LogP) is 14.6. The van der Waals surface area contributed by atoms with Crippen molar-refractivity contribution in [3.63, 3.8) is 0 Å². The molecule has 0 atom stereocenters. The molecule has 0 bridgehead atoms. The Morgan fingerprint density at radius 2 is 1.02 bits per heavy atom. The summed E-state index contributed by atoms with van der Waals surface area (Å²) in [6.45, 7) is 0. The van der Waals surface area contributed by atoms with Crippen LogP contribution >= 0.6 is 0 Å². The molecule has 0 spiro atoms. The first-order valence-electron chi connectivity index (χ1n) is 18.8. The van der Waals surface area contributed by atoms with Crippen LogP contribution in [0.3, 0.4) is 0 Å². The molecule has 0 unspecified atom stereocenters. The van der Waals surface area contributed by atoms with Crippen molar-refractivity contribution in [3.8, 4) is 27.9 Å². The van der Waals surface area contributed by atoms with Crippen LogP contribution in [0.2, 0.25) is 0 Å². The number of aromatic nitrogens is 1. The van der Waals surface area contributed by atoms with Crippen molar-refractivity contribution < 1.29 is 4.42 Å². The summed E-state index contributed by atoms with van der Waals surface area (Å²) in [6, 6.07) is 73.8. The van der Waals surface area contributed by atoms with Gasteiger partial charge in [0.1, 0.15) is 11.2 Å². The average Bonchev–Trinajstić information content (AvgIpc) is 3.81. The van der Waals surface area contributed by atoms with E-state index in [0.717, 1.165) is 61.4 Å². The Morgan fingerprint density at radius 1 is 0.400 bits per heavy atom. The Labute approximate surface area is 318 Å². The van der Waals surface area contributed by atoms with E-state index in [0.29, 0.717) is 0 Å². The molecule has 0 saturated carbocycles. The van der Waals surface area contributed by atoms with Gasteiger partial charge in [0.05, 0.1) is 16.7 Å². The molecule has 0 aliphatic carbocycles. The van der Waals surface area contributed by atoms with Crippen molar-refractivity contribution in [2.45, 2.75) is 0 Å². The van der Waals surface area contributed by atoms with Gasteiger partial charge >= 0.3 is 0 Å². The first-order chi connectivity index (χ1) is 27.3. The minimum atomic E-state index is 0.902. The third-order valence-corrected chi connectivity index (χ3v) is 11.0. The summed E-state index contributed by atoms with van der Waals surface area (Å²) in [5, 5.41) is 7.13. The standard InChI is InChI=1S/C52H34N2O/c1-3-15-35(16-4-1)41-20-9-12-24-47(41)53(40-31-32-49-46(34-40)43-22-10-13-25-48(43)54(49)38-18-5-2-6-19-38)39-29-27-36(28-30-39)45-33-37-17-7-8-21-42(37)51-44-23-11-14-26-50(44)55-52(45)51/h1-34H. The van der Waals surface area contributed by atoms with Crippen molar-refractivity contribution in [1.82, 2.24) is 4.57 Å². The number of hydrogen-bond acceptors (Lipinski definition) is 2. The van der Waals surface area contributed by atoms with E-state index in [2.05, 4.69) is 210 Å². The van der Waals surface area contributed by atoms with Crippen LogP contribution in [0.15, 0.2) is 211 Å². The van der Waals surface area contributed by atoms with Crippen LogP contribution in [-0.2, 0) is 0 Å². The van der Waals surface area contributed by atoms with Crippen LogP contribution in [0.5, 0.6) is 0 Å². The molecule has 0 N–H and O–H groups in total. The summed E-state index contributed by atoms with van der Waals surface area (Å²) in [5.74, 6) is 0. The molecule has 3 heteroatoms. The molecule has 258 valence electrons. The number of furan rings is 1. The highest BCUT2D eigenvalue weighted by atomic mass is 16.3. The van der Waals surface area contributed by atoms with Gasteiger partial charge < -0.3 is 13.9 Å². The van der Waals surface area contributed by atoms with E-state index < -0.39 is 0 Å². The smallest absolute Gasteiger partial charge is 0.143 e. The van der Waals surface area contributed by atoms with Crippen molar-refractivity contribution in [3.05, 3.63) is 206 Å². The summed E-state index contributed by atoms with van der Waals surface area (Å²) in [5.41, 5.74) is 13.1. The molecule has 11 aromatic rings. The van der Waals surface area contributed by atoms with Crippen molar-refractivity contribution in [2.75, 3.05) is 4.90 Å². The van der Waals surface area contributed by atoms with Crippen LogP contribution in [0.4, 0.5) is 17.1 Å². The van der Waals surface area contributed by atoms with Crippen LogP contribution in [0, 0.1) is 0 Å². The lowest BCUT2D eigenvalue weighted by molar-refractivity contribution is 0.670. The van der Waals surface area contributed by atoms with Crippen molar-refractivity contribution >= 4 is 71.6 Å². The maximum absolute atomic E-state index is 6.62. The van der Waals surface area contributed by atoms with Gasteiger partial charge in [-0.1, -0.05) is 140 Å². The molecule has 2 aromatic heterocycles. The van der Waals surface area contributed by atoms with E-state index in [1.54, 1.807) is 0 Å². The zero-order chi connectivity index (χ0) is 36.3. The number of hydrogen-bond donors (Lipinski definition) is 0. The summed E-state index contributed by atoms with van der Waals surface area (Å²) in [7, 11) is 0. The van der Waals surface area contributed by atoms with Gasteiger partial charge in [-0.25, -0.2) is 0 Å². The summed E-state index contributed by atoms with van der Waals surface area (Å²) < 4.78 is 8.99. The molecule has 11 rings (SSSR count). The molecular weight excluding hydrogens is 669 g/mol. The van der Waals surface area contributed by atoms with Gasteiger partial charge in [-0.3, -0.25) is 0 Å². The molecule has 9 aromatic carbocycles. The Hall–Kier alpha value is -7.36. The van der Waals surface area contributed by atoms with Crippen molar-refractivity contribution in [2.24, 2.45) is 0 Å². The quantitative estimate of drug-likeness (QED) is 0.172. The molecule has 0 radical (unpaired) electrons. The Bertz CT molecular complexity index is 3190. The normalized spacial score (nSPS) is 11.6. The lowest BCUT2D eigenvalue weighted by Gasteiger charge is -2.28. The second-order valence-electron chi connectivity index (χ2n) is 14.1. The number of fused-ring (bicyclic) bond motifs is 8. The number of anilines is 3. The van der Waals surface area contributed by atoms with E-state index in [4.69, 9.17) is 4.42 Å². The zero-order valence-electron chi connectivity index (χ0n) is 29.9. The highest BCUT2D eigenvalue weighted by Gasteiger charge is 2.21. The van der Waals surface area contributed by atoms with Crippen LogP contribution < -0.4 is 4.90 Å². The van der Waals surface area contributed by atoms with Crippen LogP contribution in [-0.4, -0.2) is 4.57 Å². The zero-order valence-corrected chi connectivity index (χ0v) is 29.9. The van der Waals surface area contributed by atoms with E-state index in [1.165, 1.54) is 38.1 Å². The second kappa shape index (κ2) is 12.6. The Kier molecular flexibility index (Phi) is 7.17. The molecule has 0 fully saturated rings. The number of benzene rings is 9. The predicted molar refractivity (Wildman–Crippen MR) is 231 cm³/mol. The van der Waals surface area contributed by atoms with E-state index in [1.807, 2.05) is 6.07 Å². The van der Waals surface area contributed by atoms with E-state index in [9.17, 15) is 0 Å². The maximum Gasteiger partial charge on any atom is 0.143 e. The number of rotatable bonds is 6. The van der Waals surface area contributed by atoms with Crippen LogP contribution in [0.25, 0.3) is 82.5 Å². The van der Waals surface area contributed by atoms with Gasteiger partial charge in [0.25, 0.3) is 0 Å². The monoisotopic (exact) mass is 702 g/mol. The molecule has 0 saturated heterocycles. The topological polar surface area (TPSA) is 21.3 Å². The number of nitrogens with zero attached hydrogens (tertiary/aromatic N) is 2. The molecule has 0 aliphatic heterocycles. The highest BCUT2D eigenvalue weighted by Crippen LogP contribution is 2.45.